The molecule has 3 nitrogen and oxygen atoms in total. The lowest BCUT2D eigenvalue weighted by atomic mass is 10.2. The van der Waals surface area contributed by atoms with Gasteiger partial charge in [-0.2, -0.15) is 0 Å². The fourth-order valence-corrected chi connectivity index (χ4v) is 0.710. The van der Waals surface area contributed by atoms with Crippen molar-refractivity contribution in [1.29, 1.82) is 0 Å². The van der Waals surface area contributed by atoms with Crippen LogP contribution in [0.25, 0.3) is 0 Å². The van der Waals surface area contributed by atoms with E-state index in [4.69, 9.17) is 10.9 Å². The van der Waals surface area contributed by atoms with Gasteiger partial charge >= 0.3 is 0 Å². The molecule has 12 heavy (non-hydrogen) atoms. The normalized spacial score (nSPS) is 8.33. The summed E-state index contributed by atoms with van der Waals surface area (Å²) in [5, 5.41) is 8.45. The summed E-state index contributed by atoms with van der Waals surface area (Å²) in [6, 6.07) is 5.27. The SMILES string of the molecule is CC.Cc1ccc(NO)cc1N. The van der Waals surface area contributed by atoms with Crippen molar-refractivity contribution < 1.29 is 5.21 Å². The Balaban J connectivity index is 0.000000561. The number of hydrogen-bond acceptors (Lipinski definition) is 3. The maximum absolute atomic E-state index is 8.45. The Morgan fingerprint density at radius 2 is 1.92 bits per heavy atom. The number of hydrogen-bond donors (Lipinski definition) is 3. The molecule has 1 rings (SSSR count). The summed E-state index contributed by atoms with van der Waals surface area (Å²) < 4.78 is 0. The molecule has 68 valence electrons. The molecule has 0 fully saturated rings. The highest BCUT2D eigenvalue weighted by molar-refractivity contribution is 5.57. The van der Waals surface area contributed by atoms with Crippen molar-refractivity contribution in [1.82, 2.24) is 0 Å². The fourth-order valence-electron chi connectivity index (χ4n) is 0.710. The smallest absolute Gasteiger partial charge is 0.0622 e. The zero-order valence-corrected chi connectivity index (χ0v) is 7.76. The van der Waals surface area contributed by atoms with Crippen LogP contribution in [0.1, 0.15) is 19.4 Å². The van der Waals surface area contributed by atoms with Gasteiger partial charge in [0.1, 0.15) is 0 Å². The molecule has 0 spiro atoms. The van der Waals surface area contributed by atoms with Gasteiger partial charge in [0.2, 0.25) is 0 Å². The van der Waals surface area contributed by atoms with Crippen molar-refractivity contribution in [2.75, 3.05) is 11.2 Å². The minimum atomic E-state index is 0.614. The lowest BCUT2D eigenvalue weighted by molar-refractivity contribution is 0.389. The summed E-state index contributed by atoms with van der Waals surface area (Å²) in [7, 11) is 0. The minimum absolute atomic E-state index is 0.614. The highest BCUT2D eigenvalue weighted by Crippen LogP contribution is 2.15. The second-order valence-corrected chi connectivity index (χ2v) is 2.18. The second-order valence-electron chi connectivity index (χ2n) is 2.18. The van der Waals surface area contributed by atoms with Gasteiger partial charge in [-0.15, -0.1) is 0 Å². The number of anilines is 2. The number of nitrogens with two attached hydrogens (primary N) is 1. The number of aryl methyl sites for hydroxylation is 1. The molecule has 3 heteroatoms. The minimum Gasteiger partial charge on any atom is -0.398 e. The third kappa shape index (κ3) is 2.80. The van der Waals surface area contributed by atoms with Crippen molar-refractivity contribution in [3.8, 4) is 0 Å². The monoisotopic (exact) mass is 168 g/mol. The van der Waals surface area contributed by atoms with Crippen molar-refractivity contribution in [2.45, 2.75) is 20.8 Å². The third-order valence-electron chi connectivity index (χ3n) is 1.41. The molecular formula is C9H16N2O. The quantitative estimate of drug-likeness (QED) is 0.446. The molecule has 0 atom stereocenters. The Morgan fingerprint density at radius 1 is 1.33 bits per heavy atom. The summed E-state index contributed by atoms with van der Waals surface area (Å²) >= 11 is 0. The topological polar surface area (TPSA) is 58.3 Å². The molecule has 0 aliphatic heterocycles. The summed E-state index contributed by atoms with van der Waals surface area (Å²) in [5.74, 6) is 0. The number of rotatable bonds is 1. The Morgan fingerprint density at radius 3 is 2.33 bits per heavy atom. The van der Waals surface area contributed by atoms with Crippen molar-refractivity contribution in [3.63, 3.8) is 0 Å². The van der Waals surface area contributed by atoms with Crippen LogP contribution in [-0.2, 0) is 0 Å². The highest BCUT2D eigenvalue weighted by Gasteiger charge is 1.93. The van der Waals surface area contributed by atoms with E-state index >= 15 is 0 Å². The molecular weight excluding hydrogens is 152 g/mol. The standard InChI is InChI=1S/C7H10N2O.C2H6/c1-5-2-3-6(9-10)4-7(5)8;1-2/h2-4,9-10H,8H2,1H3;1-2H3. The largest absolute Gasteiger partial charge is 0.398 e. The van der Waals surface area contributed by atoms with E-state index in [1.165, 1.54) is 0 Å². The fraction of sp³-hybridized carbons (Fsp3) is 0.333. The molecule has 0 aliphatic carbocycles. The number of nitrogens with one attached hydrogen (secondary N) is 1. The molecule has 4 N–H and O–H groups in total. The van der Waals surface area contributed by atoms with Crippen LogP contribution < -0.4 is 11.2 Å². The van der Waals surface area contributed by atoms with Crippen molar-refractivity contribution in [3.05, 3.63) is 23.8 Å². The van der Waals surface area contributed by atoms with Crippen LogP contribution in [0.2, 0.25) is 0 Å². The van der Waals surface area contributed by atoms with Gasteiger partial charge in [-0.05, 0) is 24.6 Å². The predicted molar refractivity (Wildman–Crippen MR) is 52.3 cm³/mol. The van der Waals surface area contributed by atoms with Crippen LogP contribution in [-0.4, -0.2) is 5.21 Å². The van der Waals surface area contributed by atoms with Gasteiger partial charge in [0.05, 0.1) is 5.69 Å². The van der Waals surface area contributed by atoms with Crippen LogP contribution in [0.4, 0.5) is 11.4 Å². The zero-order valence-electron chi connectivity index (χ0n) is 7.76. The van der Waals surface area contributed by atoms with Crippen molar-refractivity contribution in [2.24, 2.45) is 0 Å². The molecule has 0 saturated carbocycles. The number of benzene rings is 1. The molecule has 0 aliphatic rings. The maximum Gasteiger partial charge on any atom is 0.0622 e. The average molecular weight is 168 g/mol. The van der Waals surface area contributed by atoms with Crippen molar-refractivity contribution >= 4 is 11.4 Å². The Kier molecular flexibility index (Phi) is 4.88. The summed E-state index contributed by atoms with van der Waals surface area (Å²) in [6.07, 6.45) is 0. The van der Waals surface area contributed by atoms with E-state index in [-0.39, 0.29) is 0 Å². The Hall–Kier alpha value is -1.22. The summed E-state index contributed by atoms with van der Waals surface area (Å²) in [6.45, 7) is 5.91. The second kappa shape index (κ2) is 5.43. The van der Waals surface area contributed by atoms with Gasteiger partial charge in [-0.25, -0.2) is 0 Å². The molecule has 0 radical (unpaired) electrons. The predicted octanol–water partition coefficient (Wildman–Crippen LogP) is 2.40. The van der Waals surface area contributed by atoms with Gasteiger partial charge in [0.15, 0.2) is 0 Å². The molecule has 0 saturated heterocycles. The Bertz CT molecular complexity index is 236. The number of nitrogen functional groups attached to an aromatic ring is 1. The average Bonchev–Trinajstić information content (AvgIpc) is 2.13. The molecule has 1 aromatic carbocycles. The first-order valence-corrected chi connectivity index (χ1v) is 4.00. The van der Waals surface area contributed by atoms with E-state index in [1.807, 2.05) is 32.3 Å². The molecule has 0 unspecified atom stereocenters. The van der Waals surface area contributed by atoms with E-state index in [0.29, 0.717) is 11.4 Å². The van der Waals surface area contributed by atoms with E-state index in [1.54, 1.807) is 12.1 Å². The third-order valence-corrected chi connectivity index (χ3v) is 1.41. The first kappa shape index (κ1) is 10.8. The van der Waals surface area contributed by atoms with Gasteiger partial charge in [-0.3, -0.25) is 10.7 Å². The van der Waals surface area contributed by atoms with Gasteiger partial charge in [0, 0.05) is 5.69 Å². The lowest BCUT2D eigenvalue weighted by Crippen LogP contribution is -1.93. The molecule has 0 amide bonds. The van der Waals surface area contributed by atoms with E-state index < -0.39 is 0 Å². The first-order valence-electron chi connectivity index (χ1n) is 4.00. The molecule has 0 aromatic heterocycles. The van der Waals surface area contributed by atoms with Gasteiger partial charge in [-0.1, -0.05) is 19.9 Å². The Labute approximate surface area is 73.2 Å². The summed E-state index contributed by atoms with van der Waals surface area (Å²) in [4.78, 5) is 0. The van der Waals surface area contributed by atoms with E-state index in [0.717, 1.165) is 5.56 Å². The maximum atomic E-state index is 8.45. The van der Waals surface area contributed by atoms with E-state index in [9.17, 15) is 0 Å². The van der Waals surface area contributed by atoms with Crippen LogP contribution in [0, 0.1) is 6.92 Å². The zero-order chi connectivity index (χ0) is 9.56. The van der Waals surface area contributed by atoms with Crippen LogP contribution >= 0.6 is 0 Å². The van der Waals surface area contributed by atoms with Gasteiger partial charge in [0.25, 0.3) is 0 Å². The molecule has 0 heterocycles. The van der Waals surface area contributed by atoms with Crippen LogP contribution in [0.3, 0.4) is 0 Å². The molecule has 0 bridgehead atoms. The van der Waals surface area contributed by atoms with E-state index in [2.05, 4.69) is 0 Å². The highest BCUT2D eigenvalue weighted by atomic mass is 16.5. The summed E-state index contributed by atoms with van der Waals surface area (Å²) in [5.41, 5.74) is 9.87. The van der Waals surface area contributed by atoms with Crippen LogP contribution in [0.5, 0.6) is 0 Å². The molecule has 1 aromatic rings. The van der Waals surface area contributed by atoms with Crippen LogP contribution in [0.15, 0.2) is 18.2 Å². The first-order chi connectivity index (χ1) is 5.74. The van der Waals surface area contributed by atoms with Gasteiger partial charge < -0.3 is 5.73 Å². The lowest BCUT2D eigenvalue weighted by Gasteiger charge is -2.01.